The molecule has 0 radical (unpaired) electrons. The number of halogens is 1. The van der Waals surface area contributed by atoms with Gasteiger partial charge in [-0.15, -0.1) is 12.4 Å². The molecule has 1 saturated heterocycles. The first-order valence-electron chi connectivity index (χ1n) is 7.40. The van der Waals surface area contributed by atoms with Crippen molar-refractivity contribution in [2.24, 2.45) is 11.7 Å². The van der Waals surface area contributed by atoms with Gasteiger partial charge >= 0.3 is 0 Å². The Morgan fingerprint density at radius 3 is 2.76 bits per heavy atom. The lowest BCUT2D eigenvalue weighted by Gasteiger charge is -2.33. The van der Waals surface area contributed by atoms with Crippen LogP contribution < -0.4 is 15.2 Å². The molecule has 5 heteroatoms. The highest BCUT2D eigenvalue weighted by molar-refractivity contribution is 5.85. The molecule has 0 aliphatic carbocycles. The average Bonchev–Trinajstić information content (AvgIpc) is 2.48. The van der Waals surface area contributed by atoms with Gasteiger partial charge in [0.2, 0.25) is 0 Å². The van der Waals surface area contributed by atoms with Crippen LogP contribution in [0.1, 0.15) is 24.8 Å². The Morgan fingerprint density at radius 2 is 2.10 bits per heavy atom. The SMILES string of the molecule is COc1ccc(CN2CCCC(CCN)C2)c(OC)c1.Cl. The summed E-state index contributed by atoms with van der Waals surface area (Å²) in [5.74, 6) is 2.49. The van der Waals surface area contributed by atoms with Crippen LogP contribution in [-0.2, 0) is 6.54 Å². The topological polar surface area (TPSA) is 47.7 Å². The molecule has 0 saturated carbocycles. The molecule has 120 valence electrons. The van der Waals surface area contributed by atoms with Crippen molar-refractivity contribution in [1.82, 2.24) is 4.90 Å². The van der Waals surface area contributed by atoms with Gasteiger partial charge in [0, 0.05) is 24.7 Å². The first-order chi connectivity index (χ1) is 9.76. The average molecular weight is 315 g/mol. The summed E-state index contributed by atoms with van der Waals surface area (Å²) in [6, 6.07) is 6.06. The fraction of sp³-hybridized carbons (Fsp3) is 0.625. The van der Waals surface area contributed by atoms with Gasteiger partial charge in [-0.3, -0.25) is 4.90 Å². The molecule has 0 spiro atoms. The number of rotatable bonds is 6. The van der Waals surface area contributed by atoms with Crippen molar-refractivity contribution in [2.75, 3.05) is 33.9 Å². The Morgan fingerprint density at radius 1 is 1.29 bits per heavy atom. The Bertz CT molecular complexity index is 427. The summed E-state index contributed by atoms with van der Waals surface area (Å²) in [5, 5.41) is 0. The molecule has 1 aliphatic heterocycles. The molecule has 1 aliphatic rings. The summed E-state index contributed by atoms with van der Waals surface area (Å²) >= 11 is 0. The first-order valence-corrected chi connectivity index (χ1v) is 7.40. The fourth-order valence-corrected chi connectivity index (χ4v) is 2.99. The minimum atomic E-state index is 0. The van der Waals surface area contributed by atoms with Crippen molar-refractivity contribution in [3.8, 4) is 11.5 Å². The lowest BCUT2D eigenvalue weighted by atomic mass is 9.94. The van der Waals surface area contributed by atoms with E-state index >= 15 is 0 Å². The van der Waals surface area contributed by atoms with Crippen molar-refractivity contribution in [3.63, 3.8) is 0 Å². The van der Waals surface area contributed by atoms with Crippen molar-refractivity contribution >= 4 is 12.4 Å². The van der Waals surface area contributed by atoms with E-state index in [-0.39, 0.29) is 12.4 Å². The summed E-state index contributed by atoms with van der Waals surface area (Å²) in [5.41, 5.74) is 6.91. The zero-order valence-corrected chi connectivity index (χ0v) is 13.8. The van der Waals surface area contributed by atoms with E-state index in [1.807, 2.05) is 12.1 Å². The van der Waals surface area contributed by atoms with Crippen LogP contribution in [-0.4, -0.2) is 38.8 Å². The normalized spacial score (nSPS) is 18.9. The summed E-state index contributed by atoms with van der Waals surface area (Å²) in [6.45, 7) is 4.04. The van der Waals surface area contributed by atoms with Crippen LogP contribution in [0, 0.1) is 5.92 Å². The minimum absolute atomic E-state index is 0. The third kappa shape index (κ3) is 5.06. The second-order valence-corrected chi connectivity index (χ2v) is 5.50. The lowest BCUT2D eigenvalue weighted by Crippen LogP contribution is -2.35. The largest absolute Gasteiger partial charge is 0.497 e. The van der Waals surface area contributed by atoms with Crippen LogP contribution in [0.5, 0.6) is 11.5 Å². The molecule has 0 aromatic heterocycles. The molecule has 21 heavy (non-hydrogen) atoms. The molecule has 0 amide bonds. The maximum atomic E-state index is 5.68. The number of likely N-dealkylation sites (tertiary alicyclic amines) is 1. The molecule has 1 unspecified atom stereocenters. The van der Waals surface area contributed by atoms with Crippen molar-refractivity contribution in [3.05, 3.63) is 23.8 Å². The molecule has 2 N–H and O–H groups in total. The Balaban J connectivity index is 0.00000220. The molecule has 1 heterocycles. The van der Waals surface area contributed by atoms with Gasteiger partial charge in [0.05, 0.1) is 14.2 Å². The van der Waals surface area contributed by atoms with E-state index < -0.39 is 0 Å². The molecule has 1 aromatic rings. The van der Waals surface area contributed by atoms with E-state index in [0.29, 0.717) is 0 Å². The highest BCUT2D eigenvalue weighted by atomic mass is 35.5. The third-order valence-corrected chi connectivity index (χ3v) is 4.07. The number of hydrogen-bond donors (Lipinski definition) is 1. The van der Waals surface area contributed by atoms with Crippen LogP contribution >= 0.6 is 12.4 Å². The number of ether oxygens (including phenoxy) is 2. The quantitative estimate of drug-likeness (QED) is 0.877. The van der Waals surface area contributed by atoms with Crippen LogP contribution in [0.2, 0.25) is 0 Å². The van der Waals surface area contributed by atoms with E-state index in [0.717, 1.165) is 50.0 Å². The summed E-state index contributed by atoms with van der Waals surface area (Å²) in [7, 11) is 3.39. The lowest BCUT2D eigenvalue weighted by molar-refractivity contribution is 0.161. The highest BCUT2D eigenvalue weighted by Crippen LogP contribution is 2.27. The van der Waals surface area contributed by atoms with Gasteiger partial charge in [-0.2, -0.15) is 0 Å². The van der Waals surface area contributed by atoms with Gasteiger partial charge in [0.1, 0.15) is 11.5 Å². The molecule has 1 atom stereocenters. The van der Waals surface area contributed by atoms with Crippen molar-refractivity contribution in [1.29, 1.82) is 0 Å². The number of hydrogen-bond acceptors (Lipinski definition) is 4. The number of methoxy groups -OCH3 is 2. The molecule has 0 bridgehead atoms. The second-order valence-electron chi connectivity index (χ2n) is 5.50. The monoisotopic (exact) mass is 314 g/mol. The maximum Gasteiger partial charge on any atom is 0.127 e. The number of nitrogens with zero attached hydrogens (tertiary/aromatic N) is 1. The Hall–Kier alpha value is -0.970. The number of piperidine rings is 1. The van der Waals surface area contributed by atoms with E-state index in [1.54, 1.807) is 14.2 Å². The molecule has 4 nitrogen and oxygen atoms in total. The van der Waals surface area contributed by atoms with E-state index in [4.69, 9.17) is 15.2 Å². The zero-order valence-electron chi connectivity index (χ0n) is 13.0. The van der Waals surface area contributed by atoms with Gasteiger partial charge in [-0.25, -0.2) is 0 Å². The maximum absolute atomic E-state index is 5.68. The second kappa shape index (κ2) is 9.13. The Kier molecular flexibility index (Phi) is 7.86. The van der Waals surface area contributed by atoms with E-state index in [9.17, 15) is 0 Å². The van der Waals surface area contributed by atoms with E-state index in [1.165, 1.54) is 18.4 Å². The Labute approximate surface area is 134 Å². The third-order valence-electron chi connectivity index (χ3n) is 4.07. The fourth-order valence-electron chi connectivity index (χ4n) is 2.99. The van der Waals surface area contributed by atoms with Crippen LogP contribution in [0.15, 0.2) is 18.2 Å². The zero-order chi connectivity index (χ0) is 14.4. The molecule has 1 fully saturated rings. The van der Waals surface area contributed by atoms with Gasteiger partial charge in [0.25, 0.3) is 0 Å². The molecule has 1 aromatic carbocycles. The highest BCUT2D eigenvalue weighted by Gasteiger charge is 2.20. The first kappa shape index (κ1) is 18.1. The summed E-state index contributed by atoms with van der Waals surface area (Å²) < 4.78 is 10.7. The van der Waals surface area contributed by atoms with Gasteiger partial charge in [-0.1, -0.05) is 6.07 Å². The summed E-state index contributed by atoms with van der Waals surface area (Å²) in [4.78, 5) is 2.51. The molecular weight excluding hydrogens is 288 g/mol. The predicted octanol–water partition coefficient (Wildman–Crippen LogP) is 2.69. The van der Waals surface area contributed by atoms with Crippen LogP contribution in [0.4, 0.5) is 0 Å². The van der Waals surface area contributed by atoms with Crippen molar-refractivity contribution < 1.29 is 9.47 Å². The predicted molar refractivity (Wildman–Crippen MR) is 88.5 cm³/mol. The van der Waals surface area contributed by atoms with Crippen molar-refractivity contribution in [2.45, 2.75) is 25.8 Å². The van der Waals surface area contributed by atoms with Gasteiger partial charge in [-0.05, 0) is 44.3 Å². The van der Waals surface area contributed by atoms with E-state index in [2.05, 4.69) is 11.0 Å². The van der Waals surface area contributed by atoms with Gasteiger partial charge in [0.15, 0.2) is 0 Å². The molecular formula is C16H27ClN2O2. The van der Waals surface area contributed by atoms with Gasteiger partial charge < -0.3 is 15.2 Å². The van der Waals surface area contributed by atoms with Crippen LogP contribution in [0.3, 0.4) is 0 Å². The summed E-state index contributed by atoms with van der Waals surface area (Å²) in [6.07, 6.45) is 3.72. The minimum Gasteiger partial charge on any atom is -0.497 e. The number of nitrogens with two attached hydrogens (primary N) is 1. The standard InChI is InChI=1S/C16H26N2O2.ClH/c1-19-15-6-5-14(16(10-15)20-2)12-18-9-3-4-13(11-18)7-8-17;/h5-6,10,13H,3-4,7-9,11-12,17H2,1-2H3;1H. The smallest absolute Gasteiger partial charge is 0.127 e. The molecule has 2 rings (SSSR count). The number of benzene rings is 1. The van der Waals surface area contributed by atoms with Crippen LogP contribution in [0.25, 0.3) is 0 Å².